The van der Waals surface area contributed by atoms with Crippen LogP contribution in [-0.2, 0) is 27.3 Å². The Morgan fingerprint density at radius 3 is 2.15 bits per heavy atom. The molecule has 5 fully saturated rings. The molecule has 1 saturated carbocycles. The normalized spacial score (nSPS) is 19.5. The van der Waals surface area contributed by atoms with Gasteiger partial charge in [0.05, 0.1) is 29.7 Å². The van der Waals surface area contributed by atoms with Crippen molar-refractivity contribution in [3.8, 4) is 0 Å². The molecule has 5 aromatic rings. The summed E-state index contributed by atoms with van der Waals surface area (Å²) in [5.41, 5.74) is 2.71. The average molecular weight is 1100 g/mol. The van der Waals surface area contributed by atoms with Crippen LogP contribution in [0.1, 0.15) is 107 Å². The minimum atomic E-state index is -0.659. The van der Waals surface area contributed by atoms with Crippen LogP contribution in [0, 0.1) is 29.3 Å². The highest BCUT2D eigenvalue weighted by molar-refractivity contribution is 5.98. The Balaban J connectivity index is 0.651. The molecule has 80 heavy (non-hydrogen) atoms. The molecule has 16 nitrogen and oxygen atoms in total. The summed E-state index contributed by atoms with van der Waals surface area (Å²) in [6, 6.07) is 21.9. The Kier molecular flexibility index (Phi) is 18.4. The van der Waals surface area contributed by atoms with E-state index in [1.807, 2.05) is 35.2 Å². The number of likely N-dealkylation sites (tertiary alicyclic amines) is 2. The molecular weight excluding hydrogens is 1030 g/mol. The molecule has 5 aliphatic rings. The second-order valence-corrected chi connectivity index (χ2v) is 22.5. The van der Waals surface area contributed by atoms with Gasteiger partial charge in [0.15, 0.2) is 0 Å². The van der Waals surface area contributed by atoms with E-state index in [0.29, 0.717) is 98.8 Å². The van der Waals surface area contributed by atoms with Crippen molar-refractivity contribution in [3.63, 3.8) is 0 Å². The molecule has 424 valence electrons. The van der Waals surface area contributed by atoms with E-state index in [1.54, 1.807) is 45.0 Å². The number of fused-ring (bicyclic) bond motifs is 1. The molecule has 4 saturated heterocycles. The minimum Gasteiger partial charge on any atom is -0.341 e. The van der Waals surface area contributed by atoms with Crippen LogP contribution < -0.4 is 16.2 Å². The van der Waals surface area contributed by atoms with E-state index in [9.17, 15) is 37.5 Å². The summed E-state index contributed by atoms with van der Waals surface area (Å²) in [5.74, 6) is -2.18. The molecule has 2 atom stereocenters. The number of hydrogen-bond acceptors (Lipinski definition) is 10. The molecule has 0 unspecified atom stereocenters. The highest BCUT2D eigenvalue weighted by Gasteiger charge is 2.37. The van der Waals surface area contributed by atoms with Gasteiger partial charge in [-0.15, -0.1) is 0 Å². The molecule has 4 aromatic carbocycles. The molecule has 0 bridgehead atoms. The minimum absolute atomic E-state index is 0.0173. The second kappa shape index (κ2) is 26.1. The number of aromatic nitrogens is 2. The van der Waals surface area contributed by atoms with Crippen molar-refractivity contribution in [2.75, 3.05) is 98.2 Å². The van der Waals surface area contributed by atoms with Crippen LogP contribution in [-0.4, -0.2) is 173 Å². The van der Waals surface area contributed by atoms with Crippen molar-refractivity contribution in [1.29, 1.82) is 0 Å². The molecule has 5 heterocycles. The van der Waals surface area contributed by atoms with E-state index >= 15 is 4.39 Å². The van der Waals surface area contributed by atoms with Crippen molar-refractivity contribution < 1.29 is 37.1 Å². The van der Waals surface area contributed by atoms with Crippen molar-refractivity contribution in [2.24, 2.45) is 11.8 Å². The SMILES string of the molecule is O=C(N[C@@H](C(=O)N1CCN(CC2CCN(CC(=O)N3CCN(C(=O)c4cc(Cc5n[nH]c(=O)c6ccccc56)ccc4F)CC3)CC2)CC1)C1CCCCC1)c1cccc([C@@H]2CCCN(C(=O)CNCc3ccc(F)cc3F)C2)c1. The summed E-state index contributed by atoms with van der Waals surface area (Å²) in [4.78, 5) is 93.0. The first kappa shape index (κ1) is 56.3. The van der Waals surface area contributed by atoms with E-state index in [1.165, 1.54) is 18.2 Å². The summed E-state index contributed by atoms with van der Waals surface area (Å²) in [6.45, 7) is 8.06. The van der Waals surface area contributed by atoms with E-state index in [2.05, 4.69) is 30.6 Å². The van der Waals surface area contributed by atoms with Gasteiger partial charge in [-0.05, 0) is 111 Å². The zero-order chi connectivity index (χ0) is 55.7. The number of hydrogen-bond donors (Lipinski definition) is 3. The number of piperazine rings is 2. The van der Waals surface area contributed by atoms with Gasteiger partial charge in [-0.1, -0.05) is 61.7 Å². The lowest BCUT2D eigenvalue weighted by molar-refractivity contribution is -0.137. The average Bonchev–Trinajstić information content (AvgIpc) is 3.50. The van der Waals surface area contributed by atoms with E-state index in [4.69, 9.17) is 0 Å². The van der Waals surface area contributed by atoms with Gasteiger partial charge >= 0.3 is 0 Å². The van der Waals surface area contributed by atoms with E-state index in [0.717, 1.165) is 102 Å². The maximum absolute atomic E-state index is 15.1. The second-order valence-electron chi connectivity index (χ2n) is 22.5. The van der Waals surface area contributed by atoms with Crippen molar-refractivity contribution in [3.05, 3.63) is 146 Å². The number of piperidine rings is 2. The standard InChI is InChI=1S/C61H73F3N10O6/c62-48-17-16-46(53(64)35-48)36-65-37-55(75)74-21-7-12-47(39-74)44-10-6-11-45(34-44)58(77)66-57(43-8-2-1-3-9-43)61(80)73-26-24-70(25-27-73)38-41-19-22-69(23-20-41)40-56(76)71-28-30-72(31-29-71)60(79)51-32-42(15-18-52(51)63)33-54-49-13-4-5-14-50(49)59(78)68-67-54/h4-6,10-11,13-18,32,34-35,41,43,47,57,65H,1-3,7-9,12,19-31,33,36-40H2,(H,66,77)(H,68,78)/t47-,57-/m1/s1. The third-order valence-electron chi connectivity index (χ3n) is 17.3. The molecule has 19 heteroatoms. The topological polar surface area (TPSA) is 175 Å². The number of H-pyrrole nitrogens is 1. The molecule has 5 amide bonds. The lowest BCUT2D eigenvalue weighted by Crippen LogP contribution is -2.57. The van der Waals surface area contributed by atoms with Gasteiger partial charge in [-0.2, -0.15) is 5.10 Å². The maximum atomic E-state index is 15.1. The van der Waals surface area contributed by atoms with Crippen LogP contribution >= 0.6 is 0 Å². The van der Waals surface area contributed by atoms with Crippen LogP contribution in [0.2, 0.25) is 0 Å². The third-order valence-corrected chi connectivity index (χ3v) is 17.3. The molecule has 1 aliphatic carbocycles. The van der Waals surface area contributed by atoms with Gasteiger partial charge in [0.2, 0.25) is 17.7 Å². The molecule has 4 aliphatic heterocycles. The Morgan fingerprint density at radius 2 is 1.39 bits per heavy atom. The van der Waals surface area contributed by atoms with Gasteiger partial charge in [0.25, 0.3) is 17.4 Å². The van der Waals surface area contributed by atoms with Gasteiger partial charge in [-0.25, -0.2) is 18.3 Å². The van der Waals surface area contributed by atoms with Crippen molar-refractivity contribution >= 4 is 40.3 Å². The molecule has 0 spiro atoms. The zero-order valence-electron chi connectivity index (χ0n) is 45.5. The van der Waals surface area contributed by atoms with Gasteiger partial charge < -0.3 is 30.2 Å². The number of nitrogens with one attached hydrogen (secondary N) is 3. The van der Waals surface area contributed by atoms with Crippen LogP contribution in [0.3, 0.4) is 0 Å². The third kappa shape index (κ3) is 13.8. The lowest BCUT2D eigenvalue weighted by atomic mass is 9.83. The number of benzene rings is 4. The number of amides is 5. The maximum Gasteiger partial charge on any atom is 0.272 e. The molecular formula is C61H73F3N10O6. The van der Waals surface area contributed by atoms with E-state index < -0.39 is 29.4 Å². The molecule has 10 rings (SSSR count). The molecule has 1 aromatic heterocycles. The Hall–Kier alpha value is -6.96. The predicted molar refractivity (Wildman–Crippen MR) is 297 cm³/mol. The summed E-state index contributed by atoms with van der Waals surface area (Å²) in [6.07, 6.45) is 8.81. The fourth-order valence-electron chi connectivity index (χ4n) is 12.6. The quantitative estimate of drug-likeness (QED) is 0.107. The molecule has 0 radical (unpaired) electrons. The summed E-state index contributed by atoms with van der Waals surface area (Å²) in [7, 11) is 0. The van der Waals surface area contributed by atoms with Crippen LogP contribution in [0.5, 0.6) is 0 Å². The largest absolute Gasteiger partial charge is 0.341 e. The first-order chi connectivity index (χ1) is 38.8. The number of nitrogens with zero attached hydrogens (tertiary/aromatic N) is 7. The van der Waals surface area contributed by atoms with Crippen molar-refractivity contribution in [1.82, 2.24) is 50.2 Å². The first-order valence-corrected chi connectivity index (χ1v) is 28.7. The van der Waals surface area contributed by atoms with Crippen LogP contribution in [0.4, 0.5) is 13.2 Å². The number of aromatic amines is 1. The highest BCUT2D eigenvalue weighted by atomic mass is 19.1. The summed E-state index contributed by atoms with van der Waals surface area (Å²) >= 11 is 0. The number of rotatable bonds is 16. The fraction of sp³-hybridized carbons (Fsp3) is 0.492. The van der Waals surface area contributed by atoms with Gasteiger partial charge in [0.1, 0.15) is 23.5 Å². The number of carbonyl (C=O) groups excluding carboxylic acids is 5. The Bertz CT molecular complexity index is 3090. The van der Waals surface area contributed by atoms with Crippen LogP contribution in [0.15, 0.2) is 89.7 Å². The fourth-order valence-corrected chi connectivity index (χ4v) is 12.6. The van der Waals surface area contributed by atoms with E-state index in [-0.39, 0.29) is 65.2 Å². The van der Waals surface area contributed by atoms with Crippen molar-refractivity contribution in [2.45, 2.75) is 82.7 Å². The smallest absolute Gasteiger partial charge is 0.272 e. The van der Waals surface area contributed by atoms with Crippen LogP contribution in [0.25, 0.3) is 10.8 Å². The Morgan fingerprint density at radius 1 is 0.650 bits per heavy atom. The summed E-state index contributed by atoms with van der Waals surface area (Å²) < 4.78 is 42.6. The monoisotopic (exact) mass is 1100 g/mol. The predicted octanol–water partition coefficient (Wildman–Crippen LogP) is 5.95. The highest BCUT2D eigenvalue weighted by Crippen LogP contribution is 2.31. The number of halogens is 3. The van der Waals surface area contributed by atoms with Gasteiger partial charge in [0, 0.05) is 113 Å². The first-order valence-electron chi connectivity index (χ1n) is 28.7. The van der Waals surface area contributed by atoms with Gasteiger partial charge in [-0.3, -0.25) is 38.6 Å². The number of carbonyl (C=O) groups is 5. The lowest BCUT2D eigenvalue weighted by Gasteiger charge is -2.41. The zero-order valence-corrected chi connectivity index (χ0v) is 45.5. The summed E-state index contributed by atoms with van der Waals surface area (Å²) in [5, 5.41) is 14.2. The molecule has 3 N–H and O–H groups in total. The Labute approximate surface area is 465 Å².